The molecule has 0 aliphatic heterocycles. The number of alkyl halides is 3. The Bertz CT molecular complexity index is 338. The summed E-state index contributed by atoms with van der Waals surface area (Å²) in [6.07, 6.45) is -4.17. The van der Waals surface area contributed by atoms with Gasteiger partial charge >= 0.3 is 6.18 Å². The van der Waals surface area contributed by atoms with Gasteiger partial charge in [0.1, 0.15) is 5.75 Å². The van der Waals surface area contributed by atoms with Crippen LogP contribution in [0.2, 0.25) is 0 Å². The van der Waals surface area contributed by atoms with E-state index in [1.807, 2.05) is 12.1 Å². The zero-order valence-corrected chi connectivity index (χ0v) is 10.1. The van der Waals surface area contributed by atoms with Gasteiger partial charge < -0.3 is 14.8 Å². The maximum Gasteiger partial charge on any atom is 0.401 e. The van der Waals surface area contributed by atoms with E-state index in [1.165, 1.54) is 0 Å². The summed E-state index contributed by atoms with van der Waals surface area (Å²) >= 11 is 0. The largest absolute Gasteiger partial charge is 0.497 e. The third-order valence-corrected chi connectivity index (χ3v) is 2.18. The molecule has 0 bridgehead atoms. The molecule has 1 aromatic carbocycles. The lowest BCUT2D eigenvalue weighted by Crippen LogP contribution is -2.31. The van der Waals surface area contributed by atoms with Gasteiger partial charge in [-0.2, -0.15) is 13.2 Å². The van der Waals surface area contributed by atoms with Crippen LogP contribution >= 0.6 is 0 Å². The summed E-state index contributed by atoms with van der Waals surface area (Å²) in [5, 5.41) is 2.26. The van der Waals surface area contributed by atoms with Crippen LogP contribution in [0, 0.1) is 0 Å². The van der Waals surface area contributed by atoms with Crippen molar-refractivity contribution in [2.24, 2.45) is 0 Å². The van der Waals surface area contributed by atoms with Gasteiger partial charge in [0.15, 0.2) is 0 Å². The third-order valence-electron chi connectivity index (χ3n) is 2.18. The first kappa shape index (κ1) is 14.8. The molecule has 0 heterocycles. The maximum absolute atomic E-state index is 11.8. The van der Waals surface area contributed by atoms with E-state index < -0.39 is 12.7 Å². The summed E-state index contributed by atoms with van der Waals surface area (Å²) in [4.78, 5) is 0. The van der Waals surface area contributed by atoms with Crippen molar-refractivity contribution in [3.63, 3.8) is 0 Å². The second-order valence-corrected chi connectivity index (χ2v) is 3.69. The molecule has 0 atom stereocenters. The van der Waals surface area contributed by atoms with Gasteiger partial charge in [-0.05, 0) is 17.7 Å². The van der Waals surface area contributed by atoms with Crippen LogP contribution in [0.3, 0.4) is 0 Å². The molecular formula is C12H16F3NO2. The SMILES string of the molecule is COc1ccc(COCCNCC(F)(F)F)cc1. The fourth-order valence-corrected chi connectivity index (χ4v) is 1.29. The van der Waals surface area contributed by atoms with Crippen LogP contribution < -0.4 is 10.1 Å². The average Bonchev–Trinajstić information content (AvgIpc) is 2.33. The summed E-state index contributed by atoms with van der Waals surface area (Å²) in [6.45, 7) is -0.200. The molecular weight excluding hydrogens is 247 g/mol. The Morgan fingerprint density at radius 2 is 1.83 bits per heavy atom. The van der Waals surface area contributed by atoms with Crippen molar-refractivity contribution in [1.82, 2.24) is 5.32 Å². The molecule has 1 N–H and O–H groups in total. The van der Waals surface area contributed by atoms with Gasteiger partial charge in [0, 0.05) is 6.54 Å². The predicted molar refractivity (Wildman–Crippen MR) is 61.6 cm³/mol. The number of hydrogen-bond donors (Lipinski definition) is 1. The van der Waals surface area contributed by atoms with Crippen molar-refractivity contribution in [3.05, 3.63) is 29.8 Å². The van der Waals surface area contributed by atoms with E-state index in [-0.39, 0.29) is 13.2 Å². The van der Waals surface area contributed by atoms with E-state index >= 15 is 0 Å². The smallest absolute Gasteiger partial charge is 0.401 e. The molecule has 1 rings (SSSR count). The second-order valence-electron chi connectivity index (χ2n) is 3.69. The Labute approximate surface area is 104 Å². The molecule has 0 fully saturated rings. The summed E-state index contributed by atoms with van der Waals surface area (Å²) in [6, 6.07) is 7.31. The van der Waals surface area contributed by atoms with Crippen LogP contribution in [0.5, 0.6) is 5.75 Å². The van der Waals surface area contributed by atoms with Crippen LogP contribution in [0.25, 0.3) is 0 Å². The van der Waals surface area contributed by atoms with Gasteiger partial charge in [-0.1, -0.05) is 12.1 Å². The molecule has 0 unspecified atom stereocenters. The quantitative estimate of drug-likeness (QED) is 0.766. The highest BCUT2D eigenvalue weighted by atomic mass is 19.4. The van der Waals surface area contributed by atoms with Crippen molar-refractivity contribution >= 4 is 0 Å². The Kier molecular flexibility index (Phi) is 5.94. The van der Waals surface area contributed by atoms with Crippen molar-refractivity contribution in [2.45, 2.75) is 12.8 Å². The number of methoxy groups -OCH3 is 1. The van der Waals surface area contributed by atoms with E-state index in [4.69, 9.17) is 9.47 Å². The van der Waals surface area contributed by atoms with Gasteiger partial charge in [0.05, 0.1) is 26.9 Å². The molecule has 0 saturated heterocycles. The molecule has 3 nitrogen and oxygen atoms in total. The lowest BCUT2D eigenvalue weighted by Gasteiger charge is -2.08. The van der Waals surface area contributed by atoms with Crippen LogP contribution in [0.4, 0.5) is 13.2 Å². The number of ether oxygens (including phenoxy) is 2. The molecule has 0 aliphatic carbocycles. The van der Waals surface area contributed by atoms with Crippen molar-refractivity contribution in [1.29, 1.82) is 0 Å². The summed E-state index contributed by atoms with van der Waals surface area (Å²) < 4.78 is 45.6. The Hall–Kier alpha value is -1.27. The average molecular weight is 263 g/mol. The zero-order chi connectivity index (χ0) is 13.4. The Morgan fingerprint density at radius 1 is 1.17 bits per heavy atom. The Balaban J connectivity index is 2.10. The predicted octanol–water partition coefficient (Wildman–Crippen LogP) is 2.36. The maximum atomic E-state index is 11.8. The van der Waals surface area contributed by atoms with Crippen molar-refractivity contribution < 1.29 is 22.6 Å². The lowest BCUT2D eigenvalue weighted by atomic mass is 10.2. The molecule has 6 heteroatoms. The first-order valence-electron chi connectivity index (χ1n) is 5.49. The fourth-order valence-electron chi connectivity index (χ4n) is 1.29. The van der Waals surface area contributed by atoms with E-state index in [0.717, 1.165) is 11.3 Å². The molecule has 18 heavy (non-hydrogen) atoms. The molecule has 0 saturated carbocycles. The molecule has 0 spiro atoms. The third kappa shape index (κ3) is 6.46. The molecule has 0 aromatic heterocycles. The highest BCUT2D eigenvalue weighted by molar-refractivity contribution is 5.26. The first-order chi connectivity index (χ1) is 8.51. The minimum absolute atomic E-state index is 0.176. The number of rotatable bonds is 7. The summed E-state index contributed by atoms with van der Waals surface area (Å²) in [7, 11) is 1.58. The van der Waals surface area contributed by atoms with E-state index in [2.05, 4.69) is 5.32 Å². The molecule has 1 aromatic rings. The van der Waals surface area contributed by atoms with Crippen molar-refractivity contribution in [2.75, 3.05) is 26.8 Å². The number of nitrogens with one attached hydrogen (secondary N) is 1. The highest BCUT2D eigenvalue weighted by Crippen LogP contribution is 2.12. The van der Waals surface area contributed by atoms with Gasteiger partial charge in [-0.25, -0.2) is 0 Å². The first-order valence-corrected chi connectivity index (χ1v) is 5.49. The van der Waals surface area contributed by atoms with Gasteiger partial charge in [-0.3, -0.25) is 0 Å². The van der Waals surface area contributed by atoms with Crippen LogP contribution in [-0.2, 0) is 11.3 Å². The number of benzene rings is 1. The molecule has 102 valence electrons. The zero-order valence-electron chi connectivity index (χ0n) is 10.1. The van der Waals surface area contributed by atoms with E-state index in [9.17, 15) is 13.2 Å². The van der Waals surface area contributed by atoms with Crippen LogP contribution in [0.1, 0.15) is 5.56 Å². The van der Waals surface area contributed by atoms with Gasteiger partial charge in [-0.15, -0.1) is 0 Å². The summed E-state index contributed by atoms with van der Waals surface area (Å²) in [5.74, 6) is 0.755. The van der Waals surface area contributed by atoms with Gasteiger partial charge in [0.2, 0.25) is 0 Å². The Morgan fingerprint density at radius 3 is 2.39 bits per heavy atom. The van der Waals surface area contributed by atoms with E-state index in [1.54, 1.807) is 19.2 Å². The van der Waals surface area contributed by atoms with Crippen LogP contribution in [-0.4, -0.2) is 33.0 Å². The van der Waals surface area contributed by atoms with E-state index in [0.29, 0.717) is 6.61 Å². The molecule has 0 radical (unpaired) electrons. The van der Waals surface area contributed by atoms with Crippen molar-refractivity contribution in [3.8, 4) is 5.75 Å². The lowest BCUT2D eigenvalue weighted by molar-refractivity contribution is -0.125. The standard InChI is InChI=1S/C12H16F3NO2/c1-17-11-4-2-10(3-5-11)8-18-7-6-16-9-12(13,14)15/h2-5,16H,6-9H2,1H3. The topological polar surface area (TPSA) is 30.5 Å². The molecule has 0 aliphatic rings. The summed E-state index contributed by atoms with van der Waals surface area (Å²) in [5.41, 5.74) is 0.951. The highest BCUT2D eigenvalue weighted by Gasteiger charge is 2.25. The fraction of sp³-hybridized carbons (Fsp3) is 0.500. The number of hydrogen-bond acceptors (Lipinski definition) is 3. The van der Waals surface area contributed by atoms with Gasteiger partial charge in [0.25, 0.3) is 0 Å². The monoisotopic (exact) mass is 263 g/mol. The minimum Gasteiger partial charge on any atom is -0.497 e. The van der Waals surface area contributed by atoms with Crippen LogP contribution in [0.15, 0.2) is 24.3 Å². The second kappa shape index (κ2) is 7.23. The normalized spacial score (nSPS) is 11.6. The minimum atomic E-state index is -4.17. The number of halogens is 3. The molecule has 0 amide bonds.